The van der Waals surface area contributed by atoms with E-state index >= 15 is 0 Å². The van der Waals surface area contributed by atoms with Gasteiger partial charge in [0.2, 0.25) is 0 Å². The third-order valence-corrected chi connectivity index (χ3v) is 5.71. The molecular weight excluding hydrogens is 346 g/mol. The van der Waals surface area contributed by atoms with Crippen LogP contribution >= 0.6 is 0 Å². The van der Waals surface area contributed by atoms with Crippen LogP contribution in [0.15, 0.2) is 36.4 Å². The van der Waals surface area contributed by atoms with E-state index in [0.29, 0.717) is 11.3 Å². The first-order chi connectivity index (χ1) is 13.2. The molecule has 0 saturated heterocycles. The van der Waals surface area contributed by atoms with Crippen LogP contribution in [0, 0.1) is 10.1 Å². The summed E-state index contributed by atoms with van der Waals surface area (Å²) < 4.78 is 17.8. The molecule has 2 aliphatic rings. The van der Waals surface area contributed by atoms with E-state index in [2.05, 4.69) is 0 Å². The minimum Gasteiger partial charge on any atom is -0.496 e. The Morgan fingerprint density at radius 2 is 1.67 bits per heavy atom. The Labute approximate surface area is 158 Å². The number of methoxy groups -OCH3 is 2. The molecule has 2 aromatic rings. The molecule has 0 unspecified atom stereocenters. The predicted octanol–water partition coefficient (Wildman–Crippen LogP) is 4.76. The van der Waals surface area contributed by atoms with E-state index in [-0.39, 0.29) is 22.6 Å². The lowest BCUT2D eigenvalue weighted by atomic mass is 9.75. The normalized spacial score (nSPS) is 23.9. The molecule has 4 rings (SSSR count). The second-order valence-corrected chi connectivity index (χ2v) is 7.06. The minimum atomic E-state index is -0.550. The summed E-state index contributed by atoms with van der Waals surface area (Å²) in [6, 6.07) is 10.6. The van der Waals surface area contributed by atoms with Gasteiger partial charge in [-0.3, -0.25) is 10.1 Å². The van der Waals surface area contributed by atoms with Crippen LogP contribution in [0.1, 0.15) is 54.4 Å². The average Bonchev–Trinajstić information content (AvgIpc) is 2.72. The summed E-state index contributed by atoms with van der Waals surface area (Å²) in [5.74, 6) is 1.70. The lowest BCUT2D eigenvalue weighted by Gasteiger charge is -2.42. The Hall–Kier alpha value is -2.60. The fourth-order valence-electron chi connectivity index (χ4n) is 4.54. The van der Waals surface area contributed by atoms with Gasteiger partial charge >= 0.3 is 0 Å². The second kappa shape index (κ2) is 7.19. The van der Waals surface area contributed by atoms with Crippen LogP contribution in [-0.2, 0) is 4.74 Å². The van der Waals surface area contributed by atoms with E-state index in [1.165, 1.54) is 6.07 Å². The molecule has 1 saturated carbocycles. The first kappa shape index (κ1) is 17.8. The quantitative estimate of drug-likeness (QED) is 0.574. The van der Waals surface area contributed by atoms with Crippen LogP contribution < -0.4 is 9.47 Å². The van der Waals surface area contributed by atoms with Gasteiger partial charge in [0.15, 0.2) is 0 Å². The topological polar surface area (TPSA) is 70.8 Å². The molecule has 0 bridgehead atoms. The van der Waals surface area contributed by atoms with Gasteiger partial charge in [-0.25, -0.2) is 0 Å². The van der Waals surface area contributed by atoms with Crippen molar-refractivity contribution in [2.24, 2.45) is 0 Å². The molecule has 0 aromatic heterocycles. The van der Waals surface area contributed by atoms with E-state index in [1.54, 1.807) is 26.4 Å². The first-order valence-electron chi connectivity index (χ1n) is 9.29. The zero-order chi connectivity index (χ0) is 19.0. The number of rotatable bonds is 4. The number of para-hydroxylation sites is 1. The Balaban J connectivity index is 1.96. The monoisotopic (exact) mass is 369 g/mol. The SMILES string of the molecule is COc1ccc(OC)c2c1[C@H](c1ccccc1[N+](=O)[O-])O[C@H]1CCCC[C@@H]21. The molecule has 0 N–H and O–H groups in total. The first-order valence-corrected chi connectivity index (χ1v) is 9.29. The average molecular weight is 369 g/mol. The van der Waals surface area contributed by atoms with E-state index in [0.717, 1.165) is 42.6 Å². The summed E-state index contributed by atoms with van der Waals surface area (Å²) in [6.45, 7) is 0. The van der Waals surface area contributed by atoms with Gasteiger partial charge in [-0.15, -0.1) is 0 Å². The molecule has 6 heteroatoms. The van der Waals surface area contributed by atoms with Gasteiger partial charge in [-0.1, -0.05) is 25.0 Å². The number of hydrogen-bond donors (Lipinski definition) is 0. The van der Waals surface area contributed by atoms with Crippen LogP contribution in [0.3, 0.4) is 0 Å². The highest BCUT2D eigenvalue weighted by Gasteiger charge is 2.43. The third kappa shape index (κ3) is 2.94. The van der Waals surface area contributed by atoms with Crippen molar-refractivity contribution >= 4 is 5.69 Å². The molecule has 1 fully saturated rings. The molecule has 1 aliphatic heterocycles. The smallest absolute Gasteiger partial charge is 0.275 e. The molecular formula is C21H23NO5. The van der Waals surface area contributed by atoms with Gasteiger partial charge in [0.1, 0.15) is 17.6 Å². The van der Waals surface area contributed by atoms with Crippen LogP contribution in [-0.4, -0.2) is 25.2 Å². The van der Waals surface area contributed by atoms with Gasteiger partial charge in [-0.05, 0) is 31.0 Å². The van der Waals surface area contributed by atoms with Crippen LogP contribution in [0.25, 0.3) is 0 Å². The molecule has 142 valence electrons. The molecule has 0 spiro atoms. The van der Waals surface area contributed by atoms with Gasteiger partial charge in [0, 0.05) is 23.1 Å². The zero-order valence-corrected chi connectivity index (χ0v) is 15.5. The Morgan fingerprint density at radius 1 is 1.00 bits per heavy atom. The van der Waals surface area contributed by atoms with Crippen LogP contribution in [0.5, 0.6) is 11.5 Å². The molecule has 0 amide bonds. The van der Waals surface area contributed by atoms with E-state index in [1.807, 2.05) is 18.2 Å². The maximum absolute atomic E-state index is 11.6. The Bertz CT molecular complexity index is 866. The highest BCUT2D eigenvalue weighted by molar-refractivity contribution is 5.58. The Morgan fingerprint density at radius 3 is 2.37 bits per heavy atom. The van der Waals surface area contributed by atoms with Crippen molar-refractivity contribution < 1.29 is 19.1 Å². The molecule has 2 aromatic carbocycles. The van der Waals surface area contributed by atoms with Gasteiger partial charge < -0.3 is 14.2 Å². The van der Waals surface area contributed by atoms with Crippen molar-refractivity contribution in [2.75, 3.05) is 14.2 Å². The Kier molecular flexibility index (Phi) is 4.74. The van der Waals surface area contributed by atoms with Crippen LogP contribution in [0.2, 0.25) is 0 Å². The fraction of sp³-hybridized carbons (Fsp3) is 0.429. The van der Waals surface area contributed by atoms with Crippen molar-refractivity contribution in [1.82, 2.24) is 0 Å². The zero-order valence-electron chi connectivity index (χ0n) is 15.5. The molecule has 1 heterocycles. The summed E-state index contributed by atoms with van der Waals surface area (Å²) in [4.78, 5) is 11.3. The summed E-state index contributed by atoms with van der Waals surface area (Å²) in [6.07, 6.45) is 3.68. The lowest BCUT2D eigenvalue weighted by Crippen LogP contribution is -2.34. The van der Waals surface area contributed by atoms with Gasteiger partial charge in [-0.2, -0.15) is 0 Å². The van der Waals surface area contributed by atoms with Crippen molar-refractivity contribution in [3.63, 3.8) is 0 Å². The lowest BCUT2D eigenvalue weighted by molar-refractivity contribution is -0.386. The predicted molar refractivity (Wildman–Crippen MR) is 101 cm³/mol. The second-order valence-electron chi connectivity index (χ2n) is 7.06. The number of ether oxygens (including phenoxy) is 3. The number of nitro groups is 1. The van der Waals surface area contributed by atoms with Gasteiger partial charge in [0.25, 0.3) is 5.69 Å². The van der Waals surface area contributed by atoms with Crippen molar-refractivity contribution in [1.29, 1.82) is 0 Å². The molecule has 0 radical (unpaired) electrons. The maximum Gasteiger partial charge on any atom is 0.275 e. The van der Waals surface area contributed by atoms with E-state index < -0.39 is 6.10 Å². The summed E-state index contributed by atoms with van der Waals surface area (Å²) in [5.41, 5.74) is 2.55. The summed E-state index contributed by atoms with van der Waals surface area (Å²) in [5, 5.41) is 11.6. The summed E-state index contributed by atoms with van der Waals surface area (Å²) >= 11 is 0. The third-order valence-electron chi connectivity index (χ3n) is 5.71. The van der Waals surface area contributed by atoms with E-state index in [4.69, 9.17) is 14.2 Å². The van der Waals surface area contributed by atoms with Crippen LogP contribution in [0.4, 0.5) is 5.69 Å². The number of nitrogens with zero attached hydrogens (tertiary/aromatic N) is 1. The van der Waals surface area contributed by atoms with Crippen molar-refractivity contribution in [3.8, 4) is 11.5 Å². The van der Waals surface area contributed by atoms with E-state index in [9.17, 15) is 10.1 Å². The standard InChI is InChI=1S/C21H23NO5/c1-25-17-11-12-18(26-2)20-19(17)14-8-4-6-10-16(14)27-21(20)13-7-3-5-9-15(13)22(23)24/h3,5,7,9,11-12,14,16,21H,4,6,8,10H2,1-2H3/t14-,16+,21+/m1/s1. The number of benzene rings is 2. The highest BCUT2D eigenvalue weighted by Crippen LogP contribution is 2.53. The number of nitro benzene ring substituents is 1. The number of fused-ring (bicyclic) bond motifs is 3. The number of hydrogen-bond acceptors (Lipinski definition) is 5. The minimum absolute atomic E-state index is 0.0251. The molecule has 3 atom stereocenters. The van der Waals surface area contributed by atoms with Crippen molar-refractivity contribution in [3.05, 3.63) is 63.2 Å². The molecule has 6 nitrogen and oxygen atoms in total. The highest BCUT2D eigenvalue weighted by atomic mass is 16.6. The fourth-order valence-corrected chi connectivity index (χ4v) is 4.54. The molecule has 1 aliphatic carbocycles. The summed E-state index contributed by atoms with van der Waals surface area (Å²) in [7, 11) is 3.28. The molecule has 27 heavy (non-hydrogen) atoms. The largest absolute Gasteiger partial charge is 0.496 e. The van der Waals surface area contributed by atoms with Crippen molar-refractivity contribution in [2.45, 2.75) is 43.8 Å². The van der Waals surface area contributed by atoms with Gasteiger partial charge in [0.05, 0.1) is 30.8 Å². The maximum atomic E-state index is 11.6.